The highest BCUT2D eigenvalue weighted by atomic mass is 32.1. The van der Waals surface area contributed by atoms with Crippen LogP contribution in [0.2, 0.25) is 0 Å². The number of aryl methyl sites for hydroxylation is 1. The summed E-state index contributed by atoms with van der Waals surface area (Å²) in [6.07, 6.45) is 5.50. The van der Waals surface area contributed by atoms with Crippen molar-refractivity contribution in [2.45, 2.75) is 13.3 Å². The van der Waals surface area contributed by atoms with Crippen LogP contribution in [-0.4, -0.2) is 17.4 Å². The first-order valence-corrected chi connectivity index (χ1v) is 8.59. The summed E-state index contributed by atoms with van der Waals surface area (Å²) in [5.41, 5.74) is 3.31. The molecule has 2 aromatic heterocycles. The van der Waals surface area contributed by atoms with Gasteiger partial charge in [0.05, 0.1) is 17.0 Å². The summed E-state index contributed by atoms with van der Waals surface area (Å²) >= 11 is 1.65. The number of rotatable bonds is 6. The lowest BCUT2D eigenvalue weighted by molar-refractivity contribution is -0.116. The third-order valence-electron chi connectivity index (χ3n) is 3.52. The second kappa shape index (κ2) is 7.75. The van der Waals surface area contributed by atoms with Gasteiger partial charge in [-0.2, -0.15) is 0 Å². The smallest absolute Gasteiger partial charge is 0.244 e. The van der Waals surface area contributed by atoms with E-state index in [0.29, 0.717) is 12.3 Å². The number of nitrogens with zero attached hydrogens (tertiary/aromatic N) is 1. The van der Waals surface area contributed by atoms with Gasteiger partial charge in [-0.1, -0.05) is 24.3 Å². The molecule has 0 aliphatic rings. The standard InChI is InChI=1S/C19H18N2O2S/c1-14-21-18(13-24-14)16-6-4-15(5-7-16)10-11-20-19(22)9-8-17-3-2-12-23-17/h2-9,12-13H,10-11H2,1H3,(H,20,22)/b9-8+. The fourth-order valence-corrected chi connectivity index (χ4v) is 2.89. The molecule has 0 radical (unpaired) electrons. The maximum absolute atomic E-state index is 11.7. The summed E-state index contributed by atoms with van der Waals surface area (Å²) in [6.45, 7) is 2.60. The Morgan fingerprint density at radius 2 is 2.12 bits per heavy atom. The van der Waals surface area contributed by atoms with Gasteiger partial charge in [-0.3, -0.25) is 4.79 Å². The number of thiazole rings is 1. The maximum Gasteiger partial charge on any atom is 0.244 e. The normalized spacial score (nSPS) is 11.0. The average molecular weight is 338 g/mol. The van der Waals surface area contributed by atoms with Crippen LogP contribution in [0.3, 0.4) is 0 Å². The van der Waals surface area contributed by atoms with Crippen LogP contribution in [0.4, 0.5) is 0 Å². The summed E-state index contributed by atoms with van der Waals surface area (Å²) < 4.78 is 5.14. The zero-order valence-corrected chi connectivity index (χ0v) is 14.2. The fraction of sp³-hybridized carbons (Fsp3) is 0.158. The first-order valence-electron chi connectivity index (χ1n) is 7.71. The number of carbonyl (C=O) groups is 1. The molecule has 3 aromatic rings. The predicted molar refractivity (Wildman–Crippen MR) is 96.7 cm³/mol. The van der Waals surface area contributed by atoms with Gasteiger partial charge in [0.2, 0.25) is 5.91 Å². The minimum atomic E-state index is -0.124. The van der Waals surface area contributed by atoms with E-state index in [2.05, 4.69) is 39.9 Å². The van der Waals surface area contributed by atoms with E-state index in [1.807, 2.05) is 6.92 Å². The van der Waals surface area contributed by atoms with E-state index < -0.39 is 0 Å². The third kappa shape index (κ3) is 4.43. The van der Waals surface area contributed by atoms with Gasteiger partial charge in [-0.15, -0.1) is 11.3 Å². The first kappa shape index (κ1) is 16.2. The number of benzene rings is 1. The van der Waals surface area contributed by atoms with Gasteiger partial charge < -0.3 is 9.73 Å². The second-order valence-electron chi connectivity index (χ2n) is 5.34. The molecule has 0 aliphatic carbocycles. The van der Waals surface area contributed by atoms with Gasteiger partial charge in [0.1, 0.15) is 5.76 Å². The molecule has 122 valence electrons. The molecule has 0 spiro atoms. The van der Waals surface area contributed by atoms with Crippen LogP contribution in [0.15, 0.2) is 58.5 Å². The molecule has 0 saturated heterocycles. The largest absolute Gasteiger partial charge is 0.465 e. The van der Waals surface area contributed by atoms with Gasteiger partial charge in [-0.05, 0) is 37.1 Å². The molecule has 2 heterocycles. The number of hydrogen-bond acceptors (Lipinski definition) is 4. The fourth-order valence-electron chi connectivity index (χ4n) is 2.27. The Morgan fingerprint density at radius 3 is 2.79 bits per heavy atom. The van der Waals surface area contributed by atoms with Crippen LogP contribution in [0.1, 0.15) is 16.3 Å². The van der Waals surface area contributed by atoms with Crippen molar-refractivity contribution in [2.75, 3.05) is 6.54 Å². The highest BCUT2D eigenvalue weighted by Gasteiger charge is 2.02. The summed E-state index contributed by atoms with van der Waals surface area (Å²) in [5, 5.41) is 6.00. The highest BCUT2D eigenvalue weighted by Crippen LogP contribution is 2.21. The lowest BCUT2D eigenvalue weighted by Crippen LogP contribution is -2.23. The molecule has 1 N–H and O–H groups in total. The molecule has 4 nitrogen and oxygen atoms in total. The van der Waals surface area contributed by atoms with Crippen LogP contribution in [0.5, 0.6) is 0 Å². The third-order valence-corrected chi connectivity index (χ3v) is 4.30. The molecule has 3 rings (SSSR count). The molecule has 0 aliphatic heterocycles. The van der Waals surface area contributed by atoms with Gasteiger partial charge in [0, 0.05) is 23.6 Å². The van der Waals surface area contributed by atoms with Crippen molar-refractivity contribution in [3.05, 3.63) is 70.4 Å². The Bertz CT molecular complexity index is 817. The summed E-state index contributed by atoms with van der Waals surface area (Å²) in [7, 11) is 0. The molecule has 0 bridgehead atoms. The van der Waals surface area contributed by atoms with Crippen molar-refractivity contribution >= 4 is 23.3 Å². The van der Waals surface area contributed by atoms with E-state index >= 15 is 0 Å². The van der Waals surface area contributed by atoms with Crippen molar-refractivity contribution in [1.29, 1.82) is 0 Å². The second-order valence-corrected chi connectivity index (χ2v) is 6.40. The molecule has 1 amide bonds. The van der Waals surface area contributed by atoms with Gasteiger partial charge >= 0.3 is 0 Å². The topological polar surface area (TPSA) is 55.1 Å². The molecular formula is C19H18N2O2S. The summed E-state index contributed by atoms with van der Waals surface area (Å²) in [6, 6.07) is 11.9. The number of aromatic nitrogens is 1. The SMILES string of the molecule is Cc1nc(-c2ccc(CCNC(=O)/C=C/c3ccco3)cc2)cs1. The zero-order chi connectivity index (χ0) is 16.8. The molecule has 24 heavy (non-hydrogen) atoms. The minimum absolute atomic E-state index is 0.124. The lowest BCUT2D eigenvalue weighted by Gasteiger charge is -2.04. The van der Waals surface area contributed by atoms with Crippen molar-refractivity contribution < 1.29 is 9.21 Å². The van der Waals surface area contributed by atoms with E-state index in [1.165, 1.54) is 11.6 Å². The molecule has 0 atom stereocenters. The number of hydrogen-bond donors (Lipinski definition) is 1. The molecular weight excluding hydrogens is 320 g/mol. The van der Waals surface area contributed by atoms with Crippen LogP contribution in [-0.2, 0) is 11.2 Å². The number of carbonyl (C=O) groups excluding carboxylic acids is 1. The Balaban J connectivity index is 1.47. The van der Waals surface area contributed by atoms with E-state index in [0.717, 1.165) is 22.7 Å². The van der Waals surface area contributed by atoms with Gasteiger partial charge in [-0.25, -0.2) is 4.98 Å². The Kier molecular flexibility index (Phi) is 5.23. The van der Waals surface area contributed by atoms with E-state index in [1.54, 1.807) is 35.8 Å². The van der Waals surface area contributed by atoms with Crippen molar-refractivity contribution in [3.63, 3.8) is 0 Å². The Labute approximate surface area is 144 Å². The van der Waals surface area contributed by atoms with Gasteiger partial charge in [0.25, 0.3) is 0 Å². The van der Waals surface area contributed by atoms with Crippen LogP contribution >= 0.6 is 11.3 Å². The number of nitrogens with one attached hydrogen (secondary N) is 1. The molecule has 1 aromatic carbocycles. The monoisotopic (exact) mass is 338 g/mol. The van der Waals surface area contributed by atoms with Crippen molar-refractivity contribution in [3.8, 4) is 11.3 Å². The molecule has 0 fully saturated rings. The Morgan fingerprint density at radius 1 is 1.29 bits per heavy atom. The van der Waals surface area contributed by atoms with Crippen LogP contribution < -0.4 is 5.32 Å². The molecule has 5 heteroatoms. The van der Waals surface area contributed by atoms with Crippen molar-refractivity contribution in [1.82, 2.24) is 10.3 Å². The number of furan rings is 1. The van der Waals surface area contributed by atoms with E-state index in [-0.39, 0.29) is 5.91 Å². The van der Waals surface area contributed by atoms with E-state index in [4.69, 9.17) is 4.42 Å². The Hall–Kier alpha value is -2.66. The quantitative estimate of drug-likeness (QED) is 0.689. The average Bonchev–Trinajstić information content (AvgIpc) is 3.25. The zero-order valence-electron chi connectivity index (χ0n) is 13.4. The first-order chi connectivity index (χ1) is 11.7. The van der Waals surface area contributed by atoms with Crippen LogP contribution in [0.25, 0.3) is 17.3 Å². The van der Waals surface area contributed by atoms with Crippen LogP contribution in [0, 0.1) is 6.92 Å². The molecule has 0 saturated carbocycles. The predicted octanol–water partition coefficient (Wildman–Crippen LogP) is 4.08. The van der Waals surface area contributed by atoms with E-state index in [9.17, 15) is 4.79 Å². The summed E-state index contributed by atoms with van der Waals surface area (Å²) in [5.74, 6) is 0.541. The highest BCUT2D eigenvalue weighted by molar-refractivity contribution is 7.09. The molecule has 0 unspecified atom stereocenters. The van der Waals surface area contributed by atoms with Crippen molar-refractivity contribution in [2.24, 2.45) is 0 Å². The lowest BCUT2D eigenvalue weighted by atomic mass is 10.1. The summed E-state index contributed by atoms with van der Waals surface area (Å²) in [4.78, 5) is 16.2. The maximum atomic E-state index is 11.7. The minimum Gasteiger partial charge on any atom is -0.465 e. The van der Waals surface area contributed by atoms with Gasteiger partial charge in [0.15, 0.2) is 0 Å². The number of amides is 1.